The van der Waals surface area contributed by atoms with Crippen LogP contribution in [-0.4, -0.2) is 40.0 Å². The molecule has 16 heavy (non-hydrogen) atoms. The van der Waals surface area contributed by atoms with Crippen molar-refractivity contribution in [1.29, 1.82) is 0 Å². The van der Waals surface area contributed by atoms with E-state index in [9.17, 15) is 14.0 Å². The van der Waals surface area contributed by atoms with Crippen molar-refractivity contribution in [2.45, 2.75) is 0 Å². The molecule has 0 aliphatic carbocycles. The molecule has 0 saturated carbocycles. The zero-order valence-electron chi connectivity index (χ0n) is 8.26. The number of rotatable bonds is 2. The lowest BCUT2D eigenvalue weighted by Gasteiger charge is -2.36. The second-order valence-electron chi connectivity index (χ2n) is 3.61. The first-order valence-electron chi connectivity index (χ1n) is 4.71. The van der Waals surface area contributed by atoms with Crippen LogP contribution < -0.4 is 0 Å². The molecular formula is C10H9FN2O3. The van der Waals surface area contributed by atoms with Crippen LogP contribution in [0.1, 0.15) is 10.4 Å². The zero-order chi connectivity index (χ0) is 11.7. The van der Waals surface area contributed by atoms with E-state index in [-0.39, 0.29) is 24.6 Å². The highest BCUT2D eigenvalue weighted by Gasteiger charge is 2.35. The van der Waals surface area contributed by atoms with Crippen LogP contribution >= 0.6 is 0 Å². The third kappa shape index (κ3) is 1.86. The number of carbonyl (C=O) groups excluding carboxylic acids is 1. The van der Waals surface area contributed by atoms with Crippen molar-refractivity contribution in [3.8, 4) is 0 Å². The number of likely N-dealkylation sites (tertiary alicyclic amines) is 1. The quantitative estimate of drug-likeness (QED) is 0.737. The molecule has 1 aromatic heterocycles. The number of aliphatic carboxylic acids is 1. The molecule has 1 saturated heterocycles. The predicted octanol–water partition coefficient (Wildman–Crippen LogP) is 0.377. The van der Waals surface area contributed by atoms with Crippen LogP contribution in [0.2, 0.25) is 0 Å². The summed E-state index contributed by atoms with van der Waals surface area (Å²) >= 11 is 0. The van der Waals surface area contributed by atoms with Crippen molar-refractivity contribution in [2.24, 2.45) is 5.92 Å². The lowest BCUT2D eigenvalue weighted by atomic mass is 9.99. The largest absolute Gasteiger partial charge is 0.481 e. The predicted molar refractivity (Wildman–Crippen MR) is 51.2 cm³/mol. The number of halogens is 1. The number of carbonyl (C=O) groups is 2. The summed E-state index contributed by atoms with van der Waals surface area (Å²) in [4.78, 5) is 26.9. The van der Waals surface area contributed by atoms with Crippen molar-refractivity contribution < 1.29 is 19.1 Å². The Morgan fingerprint density at radius 1 is 1.50 bits per heavy atom. The maximum atomic E-state index is 12.7. The van der Waals surface area contributed by atoms with Gasteiger partial charge < -0.3 is 10.0 Å². The van der Waals surface area contributed by atoms with Gasteiger partial charge >= 0.3 is 5.97 Å². The second kappa shape index (κ2) is 3.88. The molecular weight excluding hydrogens is 215 g/mol. The van der Waals surface area contributed by atoms with Crippen LogP contribution in [0.3, 0.4) is 0 Å². The normalized spacial score (nSPS) is 15.7. The lowest BCUT2D eigenvalue weighted by Crippen LogP contribution is -2.53. The van der Waals surface area contributed by atoms with Gasteiger partial charge in [0.2, 0.25) is 5.95 Å². The second-order valence-corrected chi connectivity index (χ2v) is 3.61. The highest BCUT2D eigenvalue weighted by Crippen LogP contribution is 2.18. The molecule has 2 rings (SSSR count). The van der Waals surface area contributed by atoms with E-state index in [1.54, 1.807) is 0 Å². The van der Waals surface area contributed by atoms with Crippen LogP contribution in [-0.2, 0) is 4.79 Å². The molecule has 84 valence electrons. The number of amides is 1. The number of hydrogen-bond acceptors (Lipinski definition) is 3. The Morgan fingerprint density at radius 3 is 2.75 bits per heavy atom. The van der Waals surface area contributed by atoms with Gasteiger partial charge in [-0.1, -0.05) is 0 Å². The summed E-state index contributed by atoms with van der Waals surface area (Å²) < 4.78 is 12.7. The van der Waals surface area contributed by atoms with Gasteiger partial charge in [-0.3, -0.25) is 9.59 Å². The summed E-state index contributed by atoms with van der Waals surface area (Å²) in [6.07, 6.45) is 1.21. The Labute approximate surface area is 90.5 Å². The number of carboxylic acids is 1. The van der Waals surface area contributed by atoms with E-state index in [1.165, 1.54) is 17.2 Å². The third-order valence-corrected chi connectivity index (χ3v) is 2.49. The maximum Gasteiger partial charge on any atom is 0.310 e. The van der Waals surface area contributed by atoms with Crippen LogP contribution in [0.15, 0.2) is 18.3 Å². The molecule has 2 heterocycles. The molecule has 1 N–H and O–H groups in total. The first-order valence-corrected chi connectivity index (χ1v) is 4.71. The first kappa shape index (κ1) is 10.5. The van der Waals surface area contributed by atoms with Gasteiger partial charge in [-0.2, -0.15) is 4.39 Å². The minimum atomic E-state index is -0.912. The topological polar surface area (TPSA) is 70.5 Å². The van der Waals surface area contributed by atoms with Gasteiger partial charge in [0, 0.05) is 30.9 Å². The van der Waals surface area contributed by atoms with Gasteiger partial charge in [0.1, 0.15) is 0 Å². The third-order valence-electron chi connectivity index (χ3n) is 2.49. The summed E-state index contributed by atoms with van der Waals surface area (Å²) in [7, 11) is 0. The van der Waals surface area contributed by atoms with E-state index in [0.29, 0.717) is 0 Å². The van der Waals surface area contributed by atoms with Crippen LogP contribution in [0.4, 0.5) is 4.39 Å². The molecule has 5 nitrogen and oxygen atoms in total. The highest BCUT2D eigenvalue weighted by molar-refractivity contribution is 5.95. The summed E-state index contributed by atoms with van der Waals surface area (Å²) in [5.74, 6) is -2.50. The Bertz CT molecular complexity index is 443. The van der Waals surface area contributed by atoms with Crippen molar-refractivity contribution in [3.63, 3.8) is 0 Å². The van der Waals surface area contributed by atoms with E-state index in [1.807, 2.05) is 0 Å². The fraction of sp³-hybridized carbons (Fsp3) is 0.300. The Morgan fingerprint density at radius 2 is 2.19 bits per heavy atom. The average molecular weight is 224 g/mol. The smallest absolute Gasteiger partial charge is 0.310 e. The highest BCUT2D eigenvalue weighted by atomic mass is 19.1. The molecule has 6 heteroatoms. The SMILES string of the molecule is O=C(O)C1CN(C(=O)c2ccnc(F)c2)C1. The van der Waals surface area contributed by atoms with Crippen molar-refractivity contribution in [2.75, 3.05) is 13.1 Å². The zero-order valence-corrected chi connectivity index (χ0v) is 8.26. The van der Waals surface area contributed by atoms with E-state index in [0.717, 1.165) is 6.07 Å². The lowest BCUT2D eigenvalue weighted by molar-refractivity contribution is -0.146. The number of aromatic nitrogens is 1. The fourth-order valence-electron chi connectivity index (χ4n) is 1.52. The van der Waals surface area contributed by atoms with Gasteiger partial charge in [-0.15, -0.1) is 0 Å². The summed E-state index contributed by atoms with van der Waals surface area (Å²) in [5.41, 5.74) is 0.191. The number of carboxylic acid groups (broad SMARTS) is 1. The average Bonchev–Trinajstić information content (AvgIpc) is 2.14. The van der Waals surface area contributed by atoms with Gasteiger partial charge in [0.25, 0.3) is 5.91 Å². The van der Waals surface area contributed by atoms with Crippen LogP contribution in [0.5, 0.6) is 0 Å². The van der Waals surface area contributed by atoms with Crippen molar-refractivity contribution in [1.82, 2.24) is 9.88 Å². The fourth-order valence-corrected chi connectivity index (χ4v) is 1.52. The molecule has 1 aromatic rings. The molecule has 0 atom stereocenters. The van der Waals surface area contributed by atoms with Gasteiger partial charge in [-0.05, 0) is 6.07 Å². The summed E-state index contributed by atoms with van der Waals surface area (Å²) in [6, 6.07) is 2.44. The summed E-state index contributed by atoms with van der Waals surface area (Å²) in [6.45, 7) is 0.357. The van der Waals surface area contributed by atoms with Crippen LogP contribution in [0.25, 0.3) is 0 Å². The van der Waals surface area contributed by atoms with Gasteiger partial charge in [0.05, 0.1) is 5.92 Å². The molecule has 0 aromatic carbocycles. The van der Waals surface area contributed by atoms with Crippen molar-refractivity contribution >= 4 is 11.9 Å². The van der Waals surface area contributed by atoms with E-state index in [4.69, 9.17) is 5.11 Å². The number of nitrogens with zero attached hydrogens (tertiary/aromatic N) is 2. The minimum Gasteiger partial charge on any atom is -0.481 e. The van der Waals surface area contributed by atoms with E-state index < -0.39 is 17.8 Å². The Hall–Kier alpha value is -1.98. The standard InChI is InChI=1S/C10H9FN2O3/c11-8-3-6(1-2-12-8)9(14)13-4-7(5-13)10(15)16/h1-3,7H,4-5H2,(H,15,16). The monoisotopic (exact) mass is 224 g/mol. The molecule has 1 fully saturated rings. The molecule has 0 spiro atoms. The summed E-state index contributed by atoms with van der Waals surface area (Å²) in [5, 5.41) is 8.64. The minimum absolute atomic E-state index is 0.179. The Balaban J connectivity index is 2.03. The molecule has 0 unspecified atom stereocenters. The first-order chi connectivity index (χ1) is 7.58. The molecule has 0 radical (unpaired) electrons. The van der Waals surface area contributed by atoms with Crippen molar-refractivity contribution in [3.05, 3.63) is 29.8 Å². The molecule has 1 aliphatic heterocycles. The molecule has 0 bridgehead atoms. The van der Waals surface area contributed by atoms with Gasteiger partial charge in [-0.25, -0.2) is 4.98 Å². The van der Waals surface area contributed by atoms with Crippen LogP contribution in [0, 0.1) is 11.9 Å². The van der Waals surface area contributed by atoms with E-state index in [2.05, 4.69) is 4.98 Å². The molecule has 1 aliphatic rings. The van der Waals surface area contributed by atoms with E-state index >= 15 is 0 Å². The molecule has 1 amide bonds. The Kier molecular flexibility index (Phi) is 2.55. The maximum absolute atomic E-state index is 12.7. The van der Waals surface area contributed by atoms with Gasteiger partial charge in [0.15, 0.2) is 0 Å². The number of pyridine rings is 1. The number of hydrogen-bond donors (Lipinski definition) is 1.